The van der Waals surface area contributed by atoms with Crippen molar-refractivity contribution in [3.63, 3.8) is 0 Å². The highest BCUT2D eigenvalue weighted by atomic mass is 19.1. The molecule has 5 aromatic rings. The van der Waals surface area contributed by atoms with E-state index in [-0.39, 0.29) is 17.4 Å². The van der Waals surface area contributed by atoms with E-state index >= 15 is 0 Å². The van der Waals surface area contributed by atoms with Crippen LogP contribution < -0.4 is 5.56 Å². The molecule has 9 heteroatoms. The molecule has 0 aliphatic rings. The second-order valence-electron chi connectivity index (χ2n) is 8.94. The fourth-order valence-electron chi connectivity index (χ4n) is 4.52. The van der Waals surface area contributed by atoms with Crippen molar-refractivity contribution >= 4 is 10.9 Å². The van der Waals surface area contributed by atoms with Crippen LogP contribution in [0.25, 0.3) is 10.9 Å². The largest absolute Gasteiger partial charge is 0.468 e. The highest BCUT2D eigenvalue weighted by molar-refractivity contribution is 5.79. The summed E-state index contributed by atoms with van der Waals surface area (Å²) < 4.78 is 20.8. The summed E-state index contributed by atoms with van der Waals surface area (Å²) in [6.07, 6.45) is 2.34. The lowest BCUT2D eigenvalue weighted by molar-refractivity contribution is 0.149. The molecule has 1 atom stereocenters. The standard InChI is InChI=1S/C27H27FN6O2/c1-3-25(26-30-31-32-34(26)15-19-7-9-22(28)10-8-19)33(17-23-5-4-12-36-23)16-21-14-20-13-18(2)6-11-24(20)29-27(21)35/h4-14,25H,3,15-17H2,1-2H3,(H,29,35). The number of furan rings is 1. The van der Waals surface area contributed by atoms with Crippen LogP contribution in [0.3, 0.4) is 0 Å². The maximum atomic E-state index is 13.4. The van der Waals surface area contributed by atoms with Crippen LogP contribution in [0.15, 0.2) is 76.1 Å². The van der Waals surface area contributed by atoms with Crippen molar-refractivity contribution in [3.05, 3.63) is 111 Å². The number of pyridine rings is 1. The number of benzene rings is 2. The van der Waals surface area contributed by atoms with Crippen molar-refractivity contribution in [2.75, 3.05) is 0 Å². The van der Waals surface area contributed by atoms with Crippen molar-refractivity contribution in [3.8, 4) is 0 Å². The normalized spacial score (nSPS) is 12.4. The Bertz CT molecular complexity index is 1510. The molecule has 184 valence electrons. The Labute approximate surface area is 207 Å². The number of aromatic amines is 1. The number of tetrazole rings is 1. The zero-order valence-corrected chi connectivity index (χ0v) is 20.2. The Kier molecular flexibility index (Phi) is 6.73. The number of aryl methyl sites for hydroxylation is 1. The van der Waals surface area contributed by atoms with Crippen molar-refractivity contribution < 1.29 is 8.81 Å². The first-order valence-corrected chi connectivity index (χ1v) is 11.9. The van der Waals surface area contributed by atoms with Crippen LogP contribution in [0.2, 0.25) is 0 Å². The summed E-state index contributed by atoms with van der Waals surface area (Å²) in [6, 6.07) is 17.8. The molecule has 0 radical (unpaired) electrons. The van der Waals surface area contributed by atoms with E-state index in [0.717, 1.165) is 27.8 Å². The van der Waals surface area contributed by atoms with E-state index in [1.165, 1.54) is 12.1 Å². The fourth-order valence-corrected chi connectivity index (χ4v) is 4.52. The third kappa shape index (κ3) is 5.11. The van der Waals surface area contributed by atoms with E-state index in [0.29, 0.717) is 37.4 Å². The molecule has 0 saturated heterocycles. The van der Waals surface area contributed by atoms with Crippen molar-refractivity contribution in [1.82, 2.24) is 30.1 Å². The molecule has 3 aromatic heterocycles. The van der Waals surface area contributed by atoms with Crippen LogP contribution in [0.4, 0.5) is 4.39 Å². The Morgan fingerprint density at radius 1 is 1.11 bits per heavy atom. The molecule has 3 heterocycles. The number of rotatable bonds is 9. The number of aromatic nitrogens is 5. The zero-order chi connectivity index (χ0) is 25.1. The molecule has 0 spiro atoms. The molecular weight excluding hydrogens is 459 g/mol. The second-order valence-corrected chi connectivity index (χ2v) is 8.94. The number of nitrogens with one attached hydrogen (secondary N) is 1. The summed E-state index contributed by atoms with van der Waals surface area (Å²) in [7, 11) is 0. The van der Waals surface area contributed by atoms with Crippen molar-refractivity contribution in [2.45, 2.75) is 45.9 Å². The maximum Gasteiger partial charge on any atom is 0.252 e. The van der Waals surface area contributed by atoms with Gasteiger partial charge in [-0.3, -0.25) is 9.69 Å². The SMILES string of the molecule is CCC(c1nnnn1Cc1ccc(F)cc1)N(Cc1ccco1)Cc1cc2cc(C)ccc2[nH]c1=O. The minimum absolute atomic E-state index is 0.128. The van der Waals surface area contributed by atoms with E-state index in [9.17, 15) is 9.18 Å². The summed E-state index contributed by atoms with van der Waals surface area (Å²) in [4.78, 5) is 18.2. The predicted octanol–water partition coefficient (Wildman–Crippen LogP) is 4.76. The average molecular weight is 487 g/mol. The Balaban J connectivity index is 1.50. The summed E-state index contributed by atoms with van der Waals surface area (Å²) in [5.41, 5.74) is 3.34. The smallest absolute Gasteiger partial charge is 0.252 e. The molecule has 0 amide bonds. The van der Waals surface area contributed by atoms with Crippen LogP contribution in [-0.2, 0) is 19.6 Å². The number of H-pyrrole nitrogens is 1. The van der Waals surface area contributed by atoms with Gasteiger partial charge in [-0.05, 0) is 77.2 Å². The Hall–Kier alpha value is -4.11. The molecule has 0 bridgehead atoms. The first kappa shape index (κ1) is 23.6. The van der Waals surface area contributed by atoms with Gasteiger partial charge < -0.3 is 9.40 Å². The highest BCUT2D eigenvalue weighted by Gasteiger charge is 2.27. The van der Waals surface area contributed by atoms with Crippen LogP contribution in [0.5, 0.6) is 0 Å². The molecule has 1 unspecified atom stereocenters. The fraction of sp³-hybridized carbons (Fsp3) is 0.259. The molecule has 5 rings (SSSR count). The van der Waals surface area contributed by atoms with Crippen LogP contribution in [0, 0.1) is 12.7 Å². The van der Waals surface area contributed by atoms with Crippen LogP contribution in [-0.4, -0.2) is 30.1 Å². The average Bonchev–Trinajstić information content (AvgIpc) is 3.54. The first-order chi connectivity index (χ1) is 17.5. The quantitative estimate of drug-likeness (QED) is 0.323. The molecule has 0 fully saturated rings. The van der Waals surface area contributed by atoms with Gasteiger partial charge in [0.05, 0.1) is 25.4 Å². The summed E-state index contributed by atoms with van der Waals surface area (Å²) in [6.45, 7) is 5.35. The maximum absolute atomic E-state index is 13.4. The van der Waals surface area contributed by atoms with E-state index < -0.39 is 0 Å². The summed E-state index contributed by atoms with van der Waals surface area (Å²) in [5.74, 6) is 1.16. The third-order valence-electron chi connectivity index (χ3n) is 6.32. The van der Waals surface area contributed by atoms with Gasteiger partial charge in [0, 0.05) is 17.6 Å². The van der Waals surface area contributed by atoms with E-state index in [1.807, 2.05) is 37.3 Å². The van der Waals surface area contributed by atoms with Gasteiger partial charge in [0.2, 0.25) is 0 Å². The van der Waals surface area contributed by atoms with Gasteiger partial charge in [-0.15, -0.1) is 5.10 Å². The van der Waals surface area contributed by atoms with Crippen LogP contribution >= 0.6 is 0 Å². The van der Waals surface area contributed by atoms with Gasteiger partial charge in [-0.1, -0.05) is 30.7 Å². The zero-order valence-electron chi connectivity index (χ0n) is 20.2. The van der Waals surface area contributed by atoms with Crippen molar-refractivity contribution in [1.29, 1.82) is 0 Å². The van der Waals surface area contributed by atoms with E-state index in [1.54, 1.807) is 23.1 Å². The lowest BCUT2D eigenvalue weighted by Crippen LogP contribution is -2.32. The summed E-state index contributed by atoms with van der Waals surface area (Å²) in [5, 5.41) is 13.5. The monoisotopic (exact) mass is 486 g/mol. The minimum Gasteiger partial charge on any atom is -0.468 e. The molecule has 2 aromatic carbocycles. The van der Waals surface area contributed by atoms with Crippen molar-refractivity contribution in [2.24, 2.45) is 0 Å². The molecule has 0 saturated carbocycles. The Morgan fingerprint density at radius 2 is 1.94 bits per heavy atom. The molecule has 1 N–H and O–H groups in total. The van der Waals surface area contributed by atoms with Gasteiger partial charge in [-0.25, -0.2) is 9.07 Å². The topological polar surface area (TPSA) is 92.8 Å². The third-order valence-corrected chi connectivity index (χ3v) is 6.32. The molecule has 0 aliphatic heterocycles. The van der Waals surface area contributed by atoms with E-state index in [4.69, 9.17) is 4.42 Å². The van der Waals surface area contributed by atoms with Gasteiger partial charge in [0.15, 0.2) is 5.82 Å². The molecule has 36 heavy (non-hydrogen) atoms. The highest BCUT2D eigenvalue weighted by Crippen LogP contribution is 2.27. The molecular formula is C27H27FN6O2. The first-order valence-electron chi connectivity index (χ1n) is 11.9. The Morgan fingerprint density at radius 3 is 2.69 bits per heavy atom. The van der Waals surface area contributed by atoms with Gasteiger partial charge in [0.1, 0.15) is 11.6 Å². The van der Waals surface area contributed by atoms with Gasteiger partial charge in [-0.2, -0.15) is 0 Å². The van der Waals surface area contributed by atoms with Gasteiger partial charge >= 0.3 is 0 Å². The number of hydrogen-bond acceptors (Lipinski definition) is 6. The lowest BCUT2D eigenvalue weighted by atomic mass is 10.1. The number of nitrogens with zero attached hydrogens (tertiary/aromatic N) is 5. The molecule has 8 nitrogen and oxygen atoms in total. The molecule has 0 aliphatic carbocycles. The van der Waals surface area contributed by atoms with Gasteiger partial charge in [0.25, 0.3) is 5.56 Å². The summed E-state index contributed by atoms with van der Waals surface area (Å²) >= 11 is 0. The lowest BCUT2D eigenvalue weighted by Gasteiger charge is -2.29. The number of fused-ring (bicyclic) bond motifs is 1. The van der Waals surface area contributed by atoms with Crippen LogP contribution in [0.1, 0.15) is 47.7 Å². The second kappa shape index (κ2) is 10.2. The van der Waals surface area contributed by atoms with E-state index in [2.05, 4.69) is 38.4 Å². The number of hydrogen-bond donors (Lipinski definition) is 1. The minimum atomic E-state index is -0.289. The predicted molar refractivity (Wildman–Crippen MR) is 134 cm³/mol. The number of halogens is 1.